The van der Waals surface area contributed by atoms with E-state index in [-0.39, 0.29) is 12.2 Å². The first-order valence-electron chi connectivity index (χ1n) is 7.81. The molecule has 2 aromatic rings. The molecule has 1 unspecified atom stereocenters. The number of aliphatic hydroxyl groups is 1. The number of nitrogens with one attached hydrogen (secondary N) is 1. The number of rotatable bonds is 5. The van der Waals surface area contributed by atoms with E-state index in [0.717, 1.165) is 12.8 Å². The van der Waals surface area contributed by atoms with Crippen molar-refractivity contribution in [1.82, 2.24) is 9.88 Å². The number of ketones is 1. The molecule has 1 saturated heterocycles. The number of likely N-dealkylation sites (tertiary alicyclic amines) is 1. The topological polar surface area (TPSA) is 73.4 Å². The number of fused-ring (bicyclic) bond motifs is 1. The Hall–Kier alpha value is -2.21. The Kier molecular flexibility index (Phi) is 4.43. The SMILES string of the molecule is O=C(C(=O)N1CCC(CCCO)C1)c1c[nH]c2cc(F)ccc12. The van der Waals surface area contributed by atoms with Crippen molar-refractivity contribution >= 4 is 22.6 Å². The molecular formula is C17H19FN2O3. The summed E-state index contributed by atoms with van der Waals surface area (Å²) >= 11 is 0. The van der Waals surface area contributed by atoms with E-state index in [9.17, 15) is 14.0 Å². The maximum atomic E-state index is 13.2. The van der Waals surface area contributed by atoms with Crippen LogP contribution in [0, 0.1) is 11.7 Å². The number of Topliss-reactive ketones (excluding diaryl/α,β-unsaturated/α-hetero) is 1. The van der Waals surface area contributed by atoms with Crippen LogP contribution in [0.4, 0.5) is 4.39 Å². The lowest BCUT2D eigenvalue weighted by Crippen LogP contribution is -2.34. The molecule has 6 heteroatoms. The van der Waals surface area contributed by atoms with E-state index in [1.165, 1.54) is 24.4 Å². The van der Waals surface area contributed by atoms with Crippen molar-refractivity contribution in [1.29, 1.82) is 0 Å². The van der Waals surface area contributed by atoms with Crippen LogP contribution in [0.15, 0.2) is 24.4 Å². The average Bonchev–Trinajstić information content (AvgIpc) is 3.17. The van der Waals surface area contributed by atoms with Crippen molar-refractivity contribution in [3.05, 3.63) is 35.8 Å². The molecule has 2 heterocycles. The average molecular weight is 318 g/mol. The summed E-state index contributed by atoms with van der Waals surface area (Å²) in [5, 5.41) is 9.43. The molecule has 0 bridgehead atoms. The maximum absolute atomic E-state index is 13.2. The zero-order chi connectivity index (χ0) is 16.4. The highest BCUT2D eigenvalue weighted by Gasteiger charge is 2.31. The van der Waals surface area contributed by atoms with Gasteiger partial charge in [0.1, 0.15) is 5.82 Å². The summed E-state index contributed by atoms with van der Waals surface area (Å²) < 4.78 is 13.2. The van der Waals surface area contributed by atoms with Crippen LogP contribution in [0.1, 0.15) is 29.6 Å². The fourth-order valence-corrected chi connectivity index (χ4v) is 3.18. The van der Waals surface area contributed by atoms with Crippen molar-refractivity contribution in [3.63, 3.8) is 0 Å². The van der Waals surface area contributed by atoms with Crippen LogP contribution in [0.2, 0.25) is 0 Å². The number of amides is 1. The first kappa shape index (κ1) is 15.7. The highest BCUT2D eigenvalue weighted by Crippen LogP contribution is 2.24. The van der Waals surface area contributed by atoms with E-state index < -0.39 is 17.5 Å². The van der Waals surface area contributed by atoms with Gasteiger partial charge in [-0.05, 0) is 43.4 Å². The Morgan fingerprint density at radius 3 is 3.00 bits per heavy atom. The first-order chi connectivity index (χ1) is 11.1. The summed E-state index contributed by atoms with van der Waals surface area (Å²) in [6.45, 7) is 1.27. The van der Waals surface area contributed by atoms with Crippen LogP contribution in [0.5, 0.6) is 0 Å². The molecule has 0 aliphatic carbocycles. The zero-order valence-electron chi connectivity index (χ0n) is 12.7. The van der Waals surface area contributed by atoms with Crippen molar-refractivity contribution in [2.75, 3.05) is 19.7 Å². The quantitative estimate of drug-likeness (QED) is 0.655. The highest BCUT2D eigenvalue weighted by molar-refractivity contribution is 6.44. The second kappa shape index (κ2) is 6.50. The molecule has 1 aromatic carbocycles. The first-order valence-corrected chi connectivity index (χ1v) is 7.81. The number of H-pyrrole nitrogens is 1. The Bertz CT molecular complexity index is 741. The normalized spacial score (nSPS) is 17.8. The Morgan fingerprint density at radius 1 is 1.39 bits per heavy atom. The van der Waals surface area contributed by atoms with Gasteiger partial charge < -0.3 is 15.0 Å². The fraction of sp³-hybridized carbons (Fsp3) is 0.412. The molecule has 1 fully saturated rings. The van der Waals surface area contributed by atoms with Gasteiger partial charge in [-0.2, -0.15) is 0 Å². The summed E-state index contributed by atoms with van der Waals surface area (Å²) in [7, 11) is 0. The van der Waals surface area contributed by atoms with Gasteiger partial charge in [-0.3, -0.25) is 9.59 Å². The predicted molar refractivity (Wildman–Crippen MR) is 83.6 cm³/mol. The standard InChI is InChI=1S/C17H19FN2O3/c18-12-3-4-13-14(9-19-15(13)8-12)16(22)17(23)20-6-5-11(10-20)2-1-7-21/h3-4,8-9,11,19,21H,1-2,5-7,10H2. The molecule has 1 aromatic heterocycles. The van der Waals surface area contributed by atoms with E-state index in [1.54, 1.807) is 4.90 Å². The molecule has 1 aliphatic heterocycles. The van der Waals surface area contributed by atoms with Gasteiger partial charge in [-0.15, -0.1) is 0 Å². The Balaban J connectivity index is 1.73. The van der Waals surface area contributed by atoms with Crippen LogP contribution in [-0.4, -0.2) is 46.4 Å². The minimum Gasteiger partial charge on any atom is -0.396 e. The molecule has 5 nitrogen and oxygen atoms in total. The predicted octanol–water partition coefficient (Wildman–Crippen LogP) is 2.11. The van der Waals surface area contributed by atoms with Gasteiger partial charge in [-0.1, -0.05) is 0 Å². The van der Waals surface area contributed by atoms with E-state index in [4.69, 9.17) is 5.11 Å². The van der Waals surface area contributed by atoms with Crippen LogP contribution >= 0.6 is 0 Å². The second-order valence-electron chi connectivity index (χ2n) is 5.99. The van der Waals surface area contributed by atoms with E-state index in [0.29, 0.717) is 36.3 Å². The Morgan fingerprint density at radius 2 is 2.22 bits per heavy atom. The van der Waals surface area contributed by atoms with Gasteiger partial charge in [0.2, 0.25) is 0 Å². The maximum Gasteiger partial charge on any atom is 0.295 e. The van der Waals surface area contributed by atoms with Crippen LogP contribution in [-0.2, 0) is 4.79 Å². The summed E-state index contributed by atoms with van der Waals surface area (Å²) in [5.41, 5.74) is 0.784. The largest absolute Gasteiger partial charge is 0.396 e. The number of aromatic nitrogens is 1. The molecular weight excluding hydrogens is 299 g/mol. The van der Waals surface area contributed by atoms with Gasteiger partial charge in [0, 0.05) is 36.8 Å². The number of halogens is 1. The molecule has 0 radical (unpaired) electrons. The highest BCUT2D eigenvalue weighted by atomic mass is 19.1. The molecule has 3 rings (SSSR count). The minimum atomic E-state index is -0.564. The number of hydrogen-bond acceptors (Lipinski definition) is 3. The molecule has 2 N–H and O–H groups in total. The third kappa shape index (κ3) is 3.12. The number of aliphatic hydroxyl groups excluding tert-OH is 1. The van der Waals surface area contributed by atoms with Crippen molar-refractivity contribution in [2.45, 2.75) is 19.3 Å². The van der Waals surface area contributed by atoms with Gasteiger partial charge in [0.05, 0.1) is 5.56 Å². The zero-order valence-corrected chi connectivity index (χ0v) is 12.7. The lowest BCUT2D eigenvalue weighted by molar-refractivity contribution is -0.125. The molecule has 0 spiro atoms. The molecule has 1 amide bonds. The van der Waals surface area contributed by atoms with Gasteiger partial charge in [-0.25, -0.2) is 4.39 Å². The van der Waals surface area contributed by atoms with E-state index >= 15 is 0 Å². The van der Waals surface area contributed by atoms with E-state index in [1.807, 2.05) is 0 Å². The number of hydrogen-bond donors (Lipinski definition) is 2. The summed E-state index contributed by atoms with van der Waals surface area (Å²) in [4.78, 5) is 29.3. The minimum absolute atomic E-state index is 0.148. The van der Waals surface area contributed by atoms with Crippen LogP contribution < -0.4 is 0 Å². The third-order valence-electron chi connectivity index (χ3n) is 4.43. The van der Waals surface area contributed by atoms with Gasteiger partial charge in [0.15, 0.2) is 0 Å². The molecule has 1 atom stereocenters. The van der Waals surface area contributed by atoms with Gasteiger partial charge >= 0.3 is 0 Å². The fourth-order valence-electron chi connectivity index (χ4n) is 3.18. The smallest absolute Gasteiger partial charge is 0.295 e. The van der Waals surface area contributed by atoms with Crippen LogP contribution in [0.3, 0.4) is 0 Å². The van der Waals surface area contributed by atoms with Crippen molar-refractivity contribution in [2.24, 2.45) is 5.92 Å². The second-order valence-corrected chi connectivity index (χ2v) is 5.99. The molecule has 1 aliphatic rings. The van der Waals surface area contributed by atoms with Gasteiger partial charge in [0.25, 0.3) is 11.7 Å². The number of nitrogens with zero attached hydrogens (tertiary/aromatic N) is 1. The summed E-state index contributed by atoms with van der Waals surface area (Å²) in [6.07, 6.45) is 3.90. The Labute approximate surface area is 133 Å². The third-order valence-corrected chi connectivity index (χ3v) is 4.43. The summed E-state index contributed by atoms with van der Waals surface area (Å²) in [5.74, 6) is -1.13. The summed E-state index contributed by atoms with van der Waals surface area (Å²) in [6, 6.07) is 4.09. The van der Waals surface area contributed by atoms with Crippen molar-refractivity contribution in [3.8, 4) is 0 Å². The lowest BCUT2D eigenvalue weighted by Gasteiger charge is -2.15. The molecule has 0 saturated carbocycles. The monoisotopic (exact) mass is 318 g/mol. The number of benzene rings is 1. The van der Waals surface area contributed by atoms with Crippen molar-refractivity contribution < 1.29 is 19.1 Å². The number of carbonyl (C=O) groups excluding carboxylic acids is 2. The van der Waals surface area contributed by atoms with Crippen LogP contribution in [0.25, 0.3) is 10.9 Å². The lowest BCUT2D eigenvalue weighted by atomic mass is 10.0. The number of aromatic amines is 1. The number of carbonyl (C=O) groups is 2. The van der Waals surface area contributed by atoms with E-state index in [2.05, 4.69) is 4.98 Å². The molecule has 23 heavy (non-hydrogen) atoms. The molecule has 122 valence electrons.